The summed E-state index contributed by atoms with van der Waals surface area (Å²) in [5.41, 5.74) is 0.444. The van der Waals surface area contributed by atoms with E-state index in [1.54, 1.807) is 0 Å². The third-order valence-electron chi connectivity index (χ3n) is 5.53. The van der Waals surface area contributed by atoms with E-state index >= 15 is 0 Å². The molecule has 0 unspecified atom stereocenters. The van der Waals surface area contributed by atoms with E-state index in [4.69, 9.17) is 0 Å². The Balaban J connectivity index is 1.44. The first-order chi connectivity index (χ1) is 11.7. The maximum atomic E-state index is 4.46. The normalized spacial score (nSPS) is 21.8. The Morgan fingerprint density at radius 2 is 2.04 bits per heavy atom. The molecule has 1 aromatic heterocycles. The van der Waals surface area contributed by atoms with Crippen molar-refractivity contribution in [1.29, 1.82) is 0 Å². The molecular formula is C19H31N5. The zero-order chi connectivity index (χ0) is 16.8. The summed E-state index contributed by atoms with van der Waals surface area (Å²) in [7, 11) is 1.87. The van der Waals surface area contributed by atoms with Crippen molar-refractivity contribution in [2.75, 3.05) is 31.6 Å². The summed E-state index contributed by atoms with van der Waals surface area (Å²) in [5, 5.41) is 7.17. The predicted molar refractivity (Wildman–Crippen MR) is 101 cm³/mol. The molecule has 0 bridgehead atoms. The smallest absolute Gasteiger partial charge is 0.191 e. The van der Waals surface area contributed by atoms with Crippen LogP contribution in [-0.4, -0.2) is 43.7 Å². The van der Waals surface area contributed by atoms with E-state index in [0.717, 1.165) is 44.3 Å². The Kier molecular flexibility index (Phi) is 5.59. The number of nitrogens with zero attached hydrogens (tertiary/aromatic N) is 3. The molecule has 3 rings (SSSR count). The highest BCUT2D eigenvalue weighted by Gasteiger charge is 2.29. The first-order valence-electron chi connectivity index (χ1n) is 9.32. The fourth-order valence-corrected chi connectivity index (χ4v) is 3.88. The minimum Gasteiger partial charge on any atom is -0.356 e. The summed E-state index contributed by atoms with van der Waals surface area (Å²) in [6, 6.07) is 6.62. The highest BCUT2D eigenvalue weighted by molar-refractivity contribution is 5.80. The first-order valence-corrected chi connectivity index (χ1v) is 9.32. The summed E-state index contributed by atoms with van der Waals surface area (Å²) >= 11 is 0. The predicted octanol–water partition coefficient (Wildman–Crippen LogP) is 2.80. The zero-order valence-electron chi connectivity index (χ0n) is 15.1. The second kappa shape index (κ2) is 7.86. The van der Waals surface area contributed by atoms with Crippen LogP contribution in [0.3, 0.4) is 0 Å². The van der Waals surface area contributed by atoms with E-state index in [0.29, 0.717) is 11.5 Å². The number of hydrogen-bond acceptors (Lipinski definition) is 3. The fraction of sp³-hybridized carbons (Fsp3) is 0.684. The van der Waals surface area contributed by atoms with E-state index in [2.05, 4.69) is 44.6 Å². The third kappa shape index (κ3) is 4.40. The number of aliphatic imine (C=N–C) groups is 1. The molecule has 0 radical (unpaired) electrons. The Bertz CT molecular complexity index is 528. The molecule has 0 spiro atoms. The molecule has 0 aromatic carbocycles. The van der Waals surface area contributed by atoms with Crippen LogP contribution in [-0.2, 0) is 0 Å². The molecule has 132 valence electrons. The van der Waals surface area contributed by atoms with Crippen LogP contribution in [0, 0.1) is 5.41 Å². The summed E-state index contributed by atoms with van der Waals surface area (Å²) < 4.78 is 0. The molecule has 5 heteroatoms. The van der Waals surface area contributed by atoms with Gasteiger partial charge in [-0.15, -0.1) is 0 Å². The molecule has 2 N–H and O–H groups in total. The minimum absolute atomic E-state index is 0.444. The van der Waals surface area contributed by atoms with Gasteiger partial charge in [0.25, 0.3) is 0 Å². The van der Waals surface area contributed by atoms with Crippen LogP contribution in [0.2, 0.25) is 0 Å². The van der Waals surface area contributed by atoms with Gasteiger partial charge in [0.15, 0.2) is 5.96 Å². The largest absolute Gasteiger partial charge is 0.356 e. The Morgan fingerprint density at radius 3 is 2.67 bits per heavy atom. The lowest BCUT2D eigenvalue weighted by Gasteiger charge is -2.34. The SMILES string of the molecule is CN=C(NCC1(C)CCCC1)NC1CCN(c2ccccn2)CC1. The lowest BCUT2D eigenvalue weighted by molar-refractivity contribution is 0.332. The van der Waals surface area contributed by atoms with Crippen molar-refractivity contribution in [3.63, 3.8) is 0 Å². The van der Waals surface area contributed by atoms with Gasteiger partial charge in [-0.05, 0) is 43.2 Å². The lowest BCUT2D eigenvalue weighted by atomic mass is 9.89. The van der Waals surface area contributed by atoms with Crippen LogP contribution in [0.4, 0.5) is 5.82 Å². The van der Waals surface area contributed by atoms with Crippen molar-refractivity contribution in [3.8, 4) is 0 Å². The van der Waals surface area contributed by atoms with Crippen molar-refractivity contribution in [2.45, 2.75) is 51.5 Å². The molecule has 1 aliphatic heterocycles. The second-order valence-corrected chi connectivity index (χ2v) is 7.54. The van der Waals surface area contributed by atoms with Gasteiger partial charge in [-0.2, -0.15) is 0 Å². The average Bonchev–Trinajstić information content (AvgIpc) is 3.07. The first kappa shape index (κ1) is 17.1. The Labute approximate surface area is 146 Å². The zero-order valence-corrected chi connectivity index (χ0v) is 15.1. The molecule has 1 saturated heterocycles. The number of piperidine rings is 1. The number of hydrogen-bond donors (Lipinski definition) is 2. The molecule has 0 atom stereocenters. The van der Waals surface area contributed by atoms with Crippen LogP contribution in [0.15, 0.2) is 29.4 Å². The van der Waals surface area contributed by atoms with Crippen LogP contribution in [0.25, 0.3) is 0 Å². The molecular weight excluding hydrogens is 298 g/mol. The number of guanidine groups is 1. The summed E-state index contributed by atoms with van der Waals surface area (Å²) in [6.07, 6.45) is 9.52. The van der Waals surface area contributed by atoms with Crippen LogP contribution >= 0.6 is 0 Å². The number of nitrogens with one attached hydrogen (secondary N) is 2. The number of pyridine rings is 1. The van der Waals surface area contributed by atoms with Gasteiger partial charge in [0.2, 0.25) is 0 Å². The van der Waals surface area contributed by atoms with Gasteiger partial charge >= 0.3 is 0 Å². The molecule has 2 fully saturated rings. The van der Waals surface area contributed by atoms with E-state index in [-0.39, 0.29) is 0 Å². The van der Waals surface area contributed by atoms with E-state index < -0.39 is 0 Å². The Morgan fingerprint density at radius 1 is 1.29 bits per heavy atom. The average molecular weight is 329 g/mol. The van der Waals surface area contributed by atoms with Gasteiger partial charge in [-0.3, -0.25) is 4.99 Å². The number of anilines is 1. The minimum atomic E-state index is 0.444. The topological polar surface area (TPSA) is 52.6 Å². The van der Waals surface area contributed by atoms with Crippen LogP contribution in [0.5, 0.6) is 0 Å². The molecule has 2 aliphatic rings. The van der Waals surface area contributed by atoms with E-state index in [9.17, 15) is 0 Å². The molecule has 2 heterocycles. The summed E-state index contributed by atoms with van der Waals surface area (Å²) in [5.74, 6) is 2.05. The monoisotopic (exact) mass is 329 g/mol. The van der Waals surface area contributed by atoms with Crippen molar-refractivity contribution in [1.82, 2.24) is 15.6 Å². The molecule has 5 nitrogen and oxygen atoms in total. The van der Waals surface area contributed by atoms with Gasteiger partial charge in [0.05, 0.1) is 0 Å². The highest BCUT2D eigenvalue weighted by Crippen LogP contribution is 2.36. The lowest BCUT2D eigenvalue weighted by Crippen LogP contribution is -2.50. The van der Waals surface area contributed by atoms with Crippen LogP contribution < -0.4 is 15.5 Å². The fourth-order valence-electron chi connectivity index (χ4n) is 3.88. The van der Waals surface area contributed by atoms with Crippen molar-refractivity contribution in [2.24, 2.45) is 10.4 Å². The van der Waals surface area contributed by atoms with Gasteiger partial charge < -0.3 is 15.5 Å². The maximum absolute atomic E-state index is 4.46. The van der Waals surface area contributed by atoms with Crippen molar-refractivity contribution >= 4 is 11.8 Å². The number of rotatable bonds is 4. The van der Waals surface area contributed by atoms with Gasteiger partial charge in [-0.25, -0.2) is 4.98 Å². The van der Waals surface area contributed by atoms with Crippen molar-refractivity contribution in [3.05, 3.63) is 24.4 Å². The summed E-state index contributed by atoms with van der Waals surface area (Å²) in [6.45, 7) is 5.51. The van der Waals surface area contributed by atoms with Gasteiger partial charge in [0, 0.05) is 38.9 Å². The highest BCUT2D eigenvalue weighted by atomic mass is 15.2. The quantitative estimate of drug-likeness (QED) is 0.659. The molecule has 1 aliphatic carbocycles. The van der Waals surface area contributed by atoms with E-state index in [1.807, 2.05) is 19.3 Å². The molecule has 0 amide bonds. The summed E-state index contributed by atoms with van der Waals surface area (Å²) in [4.78, 5) is 11.2. The Hall–Kier alpha value is -1.78. The molecule has 24 heavy (non-hydrogen) atoms. The standard InChI is InChI=1S/C19H31N5/c1-19(10-4-5-11-19)15-22-18(20-2)23-16-8-13-24(14-9-16)17-7-3-6-12-21-17/h3,6-7,12,16H,4-5,8-11,13-15H2,1-2H3,(H2,20,22,23). The van der Waals surface area contributed by atoms with Crippen molar-refractivity contribution < 1.29 is 0 Å². The third-order valence-corrected chi connectivity index (χ3v) is 5.53. The van der Waals surface area contributed by atoms with Crippen LogP contribution in [0.1, 0.15) is 45.4 Å². The molecule has 1 saturated carbocycles. The van der Waals surface area contributed by atoms with Gasteiger partial charge in [-0.1, -0.05) is 25.8 Å². The number of aromatic nitrogens is 1. The second-order valence-electron chi connectivity index (χ2n) is 7.54. The molecule has 1 aromatic rings. The van der Waals surface area contributed by atoms with E-state index in [1.165, 1.54) is 25.7 Å². The van der Waals surface area contributed by atoms with Gasteiger partial charge in [0.1, 0.15) is 5.82 Å². The maximum Gasteiger partial charge on any atom is 0.191 e.